The quantitative estimate of drug-likeness (QED) is 0.162. The van der Waals surface area contributed by atoms with Crippen LogP contribution in [0.2, 0.25) is 0 Å². The molecule has 0 aromatic heterocycles. The highest BCUT2D eigenvalue weighted by Gasteiger charge is 2.46. The van der Waals surface area contributed by atoms with E-state index in [-0.39, 0.29) is 12.1 Å². The molecule has 0 saturated carbocycles. The molecule has 2 heterocycles. The van der Waals surface area contributed by atoms with Crippen LogP contribution in [0.3, 0.4) is 0 Å². The third-order valence-corrected chi connectivity index (χ3v) is 13.0. The summed E-state index contributed by atoms with van der Waals surface area (Å²) in [4.78, 5) is 7.39. The minimum absolute atomic E-state index is 0.0178. The van der Waals surface area contributed by atoms with Crippen LogP contribution in [0.15, 0.2) is 206 Å². The van der Waals surface area contributed by atoms with Gasteiger partial charge in [-0.3, -0.25) is 0 Å². The molecule has 3 aliphatic rings. The smallest absolute Gasteiger partial charge is 0.252 e. The zero-order valence-electron chi connectivity index (χ0n) is 33.0. The zero-order chi connectivity index (χ0) is 39.2. The normalized spacial score (nSPS) is 14.0. The van der Waals surface area contributed by atoms with Gasteiger partial charge in [0.1, 0.15) is 0 Å². The number of hydrogen-bond donors (Lipinski definition) is 0. The first-order valence-corrected chi connectivity index (χ1v) is 20.6. The summed E-state index contributed by atoms with van der Waals surface area (Å²) in [5.41, 5.74) is 19.8. The summed E-state index contributed by atoms with van der Waals surface area (Å²) in [5.74, 6) is 0. The Balaban J connectivity index is 1.12. The highest BCUT2D eigenvalue weighted by atomic mass is 15.2. The van der Waals surface area contributed by atoms with Gasteiger partial charge in [-0.2, -0.15) is 0 Å². The highest BCUT2D eigenvalue weighted by Crippen LogP contribution is 2.53. The molecule has 9 aromatic rings. The summed E-state index contributed by atoms with van der Waals surface area (Å²) in [6.07, 6.45) is 0. The number of para-hydroxylation sites is 4. The molecule has 0 amide bonds. The van der Waals surface area contributed by atoms with Crippen molar-refractivity contribution in [3.63, 3.8) is 0 Å². The topological polar surface area (TPSA) is 9.72 Å². The molecular formula is C55H40BN3. The first-order chi connectivity index (χ1) is 29.1. The summed E-state index contributed by atoms with van der Waals surface area (Å²) in [6, 6.07) is 76.0. The van der Waals surface area contributed by atoms with Gasteiger partial charge in [0, 0.05) is 56.6 Å². The Kier molecular flexibility index (Phi) is 7.37. The fourth-order valence-corrected chi connectivity index (χ4v) is 10.4. The molecule has 0 radical (unpaired) electrons. The molecule has 0 bridgehead atoms. The molecule has 59 heavy (non-hydrogen) atoms. The van der Waals surface area contributed by atoms with Crippen molar-refractivity contribution < 1.29 is 0 Å². The number of benzene rings is 9. The van der Waals surface area contributed by atoms with Gasteiger partial charge in [0.25, 0.3) is 6.71 Å². The van der Waals surface area contributed by atoms with Crippen molar-refractivity contribution in [3.8, 4) is 11.1 Å². The van der Waals surface area contributed by atoms with Crippen molar-refractivity contribution in [3.05, 3.63) is 217 Å². The molecule has 2 aliphatic heterocycles. The van der Waals surface area contributed by atoms with E-state index in [0.717, 1.165) is 28.4 Å². The Bertz CT molecular complexity index is 3050. The number of anilines is 9. The van der Waals surface area contributed by atoms with Crippen LogP contribution in [-0.4, -0.2) is 6.71 Å². The van der Waals surface area contributed by atoms with E-state index in [1.54, 1.807) is 0 Å². The number of fused-ring (bicyclic) bond motifs is 9. The number of rotatable bonds is 5. The molecule has 0 atom stereocenters. The Labute approximate surface area is 346 Å². The number of nitrogens with zero attached hydrogens (tertiary/aromatic N) is 3. The van der Waals surface area contributed by atoms with Crippen LogP contribution in [0.4, 0.5) is 51.2 Å². The van der Waals surface area contributed by atoms with E-state index in [1.165, 1.54) is 72.2 Å². The molecule has 0 fully saturated rings. The summed E-state index contributed by atoms with van der Waals surface area (Å²) < 4.78 is 0. The van der Waals surface area contributed by atoms with E-state index in [9.17, 15) is 0 Å². The summed E-state index contributed by atoms with van der Waals surface area (Å²) in [7, 11) is 0. The largest absolute Gasteiger partial charge is 0.311 e. The van der Waals surface area contributed by atoms with Gasteiger partial charge in [0.15, 0.2) is 0 Å². The second kappa shape index (κ2) is 12.9. The maximum Gasteiger partial charge on any atom is 0.252 e. The lowest BCUT2D eigenvalue weighted by atomic mass is 9.32. The van der Waals surface area contributed by atoms with Gasteiger partial charge in [0.2, 0.25) is 0 Å². The van der Waals surface area contributed by atoms with Gasteiger partial charge in [0.05, 0.1) is 0 Å². The van der Waals surface area contributed by atoms with Crippen LogP contribution in [0.5, 0.6) is 0 Å². The molecule has 0 N–H and O–H groups in total. The van der Waals surface area contributed by atoms with Crippen molar-refractivity contribution in [1.29, 1.82) is 0 Å². The van der Waals surface area contributed by atoms with Crippen molar-refractivity contribution >= 4 is 85.1 Å². The fourth-order valence-electron chi connectivity index (χ4n) is 10.4. The third kappa shape index (κ3) is 4.96. The summed E-state index contributed by atoms with van der Waals surface area (Å²) >= 11 is 0. The van der Waals surface area contributed by atoms with E-state index in [2.05, 4.69) is 235 Å². The van der Waals surface area contributed by atoms with Crippen molar-refractivity contribution in [2.75, 3.05) is 14.7 Å². The standard InChI is InChI=1S/C55H40BN3/c1-55(2)46-34-42(57(38-19-7-3-8-20-38)39-21-9-4-10-22-39)31-32-44(46)45-35-52-48(36-47(45)55)56-53-43-27-16-15-18-37(43)30-33-51(53)58(40-23-11-5-12-24-40)49-28-17-29-50(54(49)56)59(52)41-25-13-6-14-26-41/h3-36H,1-2H3. The highest BCUT2D eigenvalue weighted by molar-refractivity contribution is 7.01. The molecule has 278 valence electrons. The molecule has 9 aromatic carbocycles. The van der Waals surface area contributed by atoms with E-state index < -0.39 is 0 Å². The Morgan fingerprint density at radius 3 is 1.59 bits per heavy atom. The first-order valence-electron chi connectivity index (χ1n) is 20.6. The van der Waals surface area contributed by atoms with Crippen LogP contribution < -0.4 is 31.1 Å². The van der Waals surface area contributed by atoms with Crippen LogP contribution in [0, 0.1) is 0 Å². The fraction of sp³-hybridized carbons (Fsp3) is 0.0545. The summed E-state index contributed by atoms with van der Waals surface area (Å²) in [6.45, 7) is 4.85. The summed E-state index contributed by atoms with van der Waals surface area (Å²) in [5, 5.41) is 2.56. The third-order valence-electron chi connectivity index (χ3n) is 13.0. The van der Waals surface area contributed by atoms with Gasteiger partial charge in [-0.05, 0) is 134 Å². The Morgan fingerprint density at radius 2 is 0.949 bits per heavy atom. The predicted molar refractivity (Wildman–Crippen MR) is 250 cm³/mol. The van der Waals surface area contributed by atoms with Gasteiger partial charge < -0.3 is 14.7 Å². The second-order valence-electron chi connectivity index (χ2n) is 16.5. The van der Waals surface area contributed by atoms with Gasteiger partial charge in [-0.25, -0.2) is 0 Å². The predicted octanol–water partition coefficient (Wildman–Crippen LogP) is 12.7. The van der Waals surface area contributed by atoms with E-state index in [1.807, 2.05) is 0 Å². The minimum Gasteiger partial charge on any atom is -0.311 e. The van der Waals surface area contributed by atoms with Crippen LogP contribution >= 0.6 is 0 Å². The molecule has 0 saturated heterocycles. The van der Waals surface area contributed by atoms with Gasteiger partial charge >= 0.3 is 0 Å². The van der Waals surface area contributed by atoms with Crippen molar-refractivity contribution in [1.82, 2.24) is 0 Å². The molecule has 0 spiro atoms. The van der Waals surface area contributed by atoms with Gasteiger partial charge in [-0.15, -0.1) is 0 Å². The molecule has 0 unspecified atom stereocenters. The average molecular weight is 754 g/mol. The minimum atomic E-state index is -0.252. The zero-order valence-corrected chi connectivity index (χ0v) is 33.0. The maximum atomic E-state index is 2.58. The van der Waals surface area contributed by atoms with Crippen molar-refractivity contribution in [2.45, 2.75) is 19.3 Å². The molecule has 12 rings (SSSR count). The lowest BCUT2D eigenvalue weighted by Gasteiger charge is -2.44. The van der Waals surface area contributed by atoms with Crippen molar-refractivity contribution in [2.24, 2.45) is 0 Å². The SMILES string of the molecule is CC1(C)c2cc(N(c3ccccc3)c3ccccc3)ccc2-c2cc3c(cc21)B1c2c(cccc2N(c2ccccc2)c2ccc4ccccc4c21)N3c1ccccc1. The first kappa shape index (κ1) is 33.8. The number of hydrogen-bond acceptors (Lipinski definition) is 3. The lowest BCUT2D eigenvalue weighted by Crippen LogP contribution is -2.61. The Morgan fingerprint density at radius 1 is 0.407 bits per heavy atom. The second-order valence-corrected chi connectivity index (χ2v) is 16.5. The van der Waals surface area contributed by atoms with Crippen LogP contribution in [0.25, 0.3) is 21.9 Å². The van der Waals surface area contributed by atoms with E-state index >= 15 is 0 Å². The monoisotopic (exact) mass is 753 g/mol. The van der Waals surface area contributed by atoms with E-state index in [4.69, 9.17) is 0 Å². The lowest BCUT2D eigenvalue weighted by molar-refractivity contribution is 0.661. The van der Waals surface area contributed by atoms with E-state index in [0.29, 0.717) is 0 Å². The van der Waals surface area contributed by atoms with Crippen LogP contribution in [-0.2, 0) is 5.41 Å². The molecule has 1 aliphatic carbocycles. The van der Waals surface area contributed by atoms with Gasteiger partial charge in [-0.1, -0.05) is 135 Å². The molecular weight excluding hydrogens is 713 g/mol. The van der Waals surface area contributed by atoms with Crippen LogP contribution in [0.1, 0.15) is 25.0 Å². The average Bonchev–Trinajstić information content (AvgIpc) is 3.51. The molecule has 4 heteroatoms. The molecule has 3 nitrogen and oxygen atoms in total. The maximum absolute atomic E-state index is 2.58. The Hall–Kier alpha value is -7.30.